The van der Waals surface area contributed by atoms with E-state index in [1.54, 1.807) is 36.6 Å². The SMILES string of the molecule is CCOC(=O)c1nn(-c2ccccc2)c(=O)c2c(NC(=O)C(CC)CC)scc12. The van der Waals surface area contributed by atoms with Gasteiger partial charge in [0.2, 0.25) is 5.91 Å². The van der Waals surface area contributed by atoms with Crippen LogP contribution >= 0.6 is 11.3 Å². The van der Waals surface area contributed by atoms with Crippen molar-refractivity contribution >= 4 is 39.0 Å². The zero-order chi connectivity index (χ0) is 21.0. The summed E-state index contributed by atoms with van der Waals surface area (Å²) in [5.41, 5.74) is 0.165. The van der Waals surface area contributed by atoms with Crippen LogP contribution in [0.3, 0.4) is 0 Å². The number of carbonyl (C=O) groups is 2. The minimum absolute atomic E-state index is 0.0459. The Morgan fingerprint density at radius 1 is 1.17 bits per heavy atom. The van der Waals surface area contributed by atoms with Gasteiger partial charge in [0.25, 0.3) is 5.56 Å². The van der Waals surface area contributed by atoms with Crippen molar-refractivity contribution in [1.82, 2.24) is 9.78 Å². The fraction of sp³-hybridized carbons (Fsp3) is 0.333. The number of fused-ring (bicyclic) bond motifs is 1. The summed E-state index contributed by atoms with van der Waals surface area (Å²) in [5, 5.41) is 9.86. The molecule has 3 rings (SSSR count). The summed E-state index contributed by atoms with van der Waals surface area (Å²) in [6.45, 7) is 5.79. The first-order chi connectivity index (χ1) is 14.0. The Balaban J connectivity index is 2.21. The van der Waals surface area contributed by atoms with E-state index in [4.69, 9.17) is 4.74 Å². The number of hydrogen-bond acceptors (Lipinski definition) is 6. The molecule has 152 valence electrons. The molecule has 0 aliphatic carbocycles. The highest BCUT2D eigenvalue weighted by Crippen LogP contribution is 2.31. The van der Waals surface area contributed by atoms with Crippen LogP contribution in [0.5, 0.6) is 0 Å². The van der Waals surface area contributed by atoms with Crippen molar-refractivity contribution in [2.45, 2.75) is 33.6 Å². The number of amides is 1. The number of rotatable bonds is 7. The van der Waals surface area contributed by atoms with Gasteiger partial charge in [-0.05, 0) is 31.9 Å². The molecule has 0 unspecified atom stereocenters. The van der Waals surface area contributed by atoms with Crippen LogP contribution in [-0.2, 0) is 9.53 Å². The summed E-state index contributed by atoms with van der Waals surface area (Å²) in [6.07, 6.45) is 1.41. The smallest absolute Gasteiger partial charge is 0.359 e. The van der Waals surface area contributed by atoms with Crippen LogP contribution in [0, 0.1) is 5.92 Å². The summed E-state index contributed by atoms with van der Waals surface area (Å²) in [7, 11) is 0. The van der Waals surface area contributed by atoms with Gasteiger partial charge in [-0.25, -0.2) is 4.79 Å². The molecular weight excluding hydrogens is 390 g/mol. The molecule has 0 spiro atoms. The topological polar surface area (TPSA) is 90.3 Å². The third kappa shape index (κ3) is 4.07. The maximum Gasteiger partial charge on any atom is 0.359 e. The molecule has 1 N–H and O–H groups in total. The molecule has 0 saturated carbocycles. The minimum atomic E-state index is -0.613. The number of nitrogens with one attached hydrogen (secondary N) is 1. The van der Waals surface area contributed by atoms with Crippen LogP contribution in [0.25, 0.3) is 16.5 Å². The van der Waals surface area contributed by atoms with Gasteiger partial charge >= 0.3 is 5.97 Å². The maximum atomic E-state index is 13.2. The Hall–Kier alpha value is -3.00. The average molecular weight is 413 g/mol. The zero-order valence-electron chi connectivity index (χ0n) is 16.6. The number of ether oxygens (including phenoxy) is 1. The molecule has 0 bridgehead atoms. The summed E-state index contributed by atoms with van der Waals surface area (Å²) in [6, 6.07) is 8.83. The van der Waals surface area contributed by atoms with Crippen molar-refractivity contribution in [3.8, 4) is 5.69 Å². The van der Waals surface area contributed by atoms with E-state index in [1.807, 2.05) is 19.9 Å². The van der Waals surface area contributed by atoms with Crippen molar-refractivity contribution in [1.29, 1.82) is 0 Å². The van der Waals surface area contributed by atoms with Crippen molar-refractivity contribution in [2.24, 2.45) is 5.92 Å². The molecule has 0 aliphatic heterocycles. The van der Waals surface area contributed by atoms with Gasteiger partial charge in [-0.15, -0.1) is 11.3 Å². The van der Waals surface area contributed by atoms with Gasteiger partial charge in [0, 0.05) is 16.7 Å². The summed E-state index contributed by atoms with van der Waals surface area (Å²) >= 11 is 1.20. The standard InChI is InChI=1S/C21H23N3O4S/c1-4-13(5-2)18(25)22-19-16-15(12-29-19)17(21(27)28-6-3)23-24(20(16)26)14-10-8-7-9-11-14/h7-13H,4-6H2,1-3H3,(H,22,25). The molecule has 0 radical (unpaired) electrons. The van der Waals surface area contributed by atoms with Crippen molar-refractivity contribution in [3.63, 3.8) is 0 Å². The number of carbonyl (C=O) groups excluding carboxylic acids is 2. The van der Waals surface area contributed by atoms with Crippen LogP contribution in [0.1, 0.15) is 44.1 Å². The van der Waals surface area contributed by atoms with Crippen LogP contribution in [0.2, 0.25) is 0 Å². The molecule has 1 aromatic carbocycles. The van der Waals surface area contributed by atoms with E-state index in [1.165, 1.54) is 16.0 Å². The summed E-state index contributed by atoms with van der Waals surface area (Å²) in [4.78, 5) is 38.3. The zero-order valence-corrected chi connectivity index (χ0v) is 17.4. The number of thiophene rings is 1. The summed E-state index contributed by atoms with van der Waals surface area (Å²) in [5.74, 6) is -0.897. The number of esters is 1. The lowest BCUT2D eigenvalue weighted by molar-refractivity contribution is -0.120. The van der Waals surface area contributed by atoms with Crippen LogP contribution in [0.4, 0.5) is 5.00 Å². The molecule has 7 nitrogen and oxygen atoms in total. The lowest BCUT2D eigenvalue weighted by Crippen LogP contribution is -2.26. The highest BCUT2D eigenvalue weighted by atomic mass is 32.1. The molecule has 2 heterocycles. The van der Waals surface area contributed by atoms with Gasteiger partial charge in [0.15, 0.2) is 5.69 Å². The van der Waals surface area contributed by atoms with Crippen LogP contribution < -0.4 is 10.9 Å². The molecular formula is C21H23N3O4S. The van der Waals surface area contributed by atoms with E-state index < -0.39 is 11.5 Å². The van der Waals surface area contributed by atoms with Crippen LogP contribution in [0.15, 0.2) is 40.5 Å². The second-order valence-electron chi connectivity index (χ2n) is 6.48. The van der Waals surface area contributed by atoms with Crippen molar-refractivity contribution < 1.29 is 14.3 Å². The molecule has 1 amide bonds. The third-order valence-corrected chi connectivity index (χ3v) is 5.61. The number of hydrogen-bond donors (Lipinski definition) is 1. The Bertz CT molecular complexity index is 1080. The fourth-order valence-corrected chi connectivity index (χ4v) is 4.05. The molecule has 8 heteroatoms. The second-order valence-corrected chi connectivity index (χ2v) is 7.36. The van der Waals surface area contributed by atoms with Gasteiger partial charge in [-0.3, -0.25) is 9.59 Å². The van der Waals surface area contributed by atoms with Gasteiger partial charge in [-0.2, -0.15) is 9.78 Å². The lowest BCUT2D eigenvalue weighted by Gasteiger charge is -2.12. The molecule has 0 fully saturated rings. The van der Waals surface area contributed by atoms with E-state index in [0.717, 1.165) is 0 Å². The number of anilines is 1. The largest absolute Gasteiger partial charge is 0.461 e. The van der Waals surface area contributed by atoms with E-state index in [-0.39, 0.29) is 29.5 Å². The molecule has 0 saturated heterocycles. The second kappa shape index (κ2) is 9.00. The monoisotopic (exact) mass is 413 g/mol. The minimum Gasteiger partial charge on any atom is -0.461 e. The number of benzene rings is 1. The molecule has 0 aliphatic rings. The third-order valence-electron chi connectivity index (χ3n) is 4.72. The number of aromatic nitrogens is 2. The number of nitrogens with zero attached hydrogens (tertiary/aromatic N) is 2. The lowest BCUT2D eigenvalue weighted by atomic mass is 10.0. The predicted octanol–water partition coefficient (Wildman–Crippen LogP) is 4.00. The first kappa shape index (κ1) is 20.7. The maximum absolute atomic E-state index is 13.2. The quantitative estimate of drug-likeness (QED) is 0.591. The first-order valence-electron chi connectivity index (χ1n) is 9.59. The van der Waals surface area contributed by atoms with E-state index >= 15 is 0 Å². The first-order valence-corrected chi connectivity index (χ1v) is 10.5. The Morgan fingerprint density at radius 2 is 1.86 bits per heavy atom. The normalized spacial score (nSPS) is 11.0. The average Bonchev–Trinajstić information content (AvgIpc) is 3.14. The van der Waals surface area contributed by atoms with Crippen molar-refractivity contribution in [2.75, 3.05) is 11.9 Å². The Morgan fingerprint density at radius 3 is 2.48 bits per heavy atom. The van der Waals surface area contributed by atoms with Gasteiger partial charge in [0.1, 0.15) is 5.00 Å². The molecule has 2 aromatic heterocycles. The van der Waals surface area contributed by atoms with Crippen molar-refractivity contribution in [3.05, 3.63) is 51.8 Å². The highest BCUT2D eigenvalue weighted by Gasteiger charge is 2.24. The Labute approximate surface area is 172 Å². The molecule has 0 atom stereocenters. The fourth-order valence-electron chi connectivity index (χ4n) is 3.11. The Kier molecular flexibility index (Phi) is 6.43. The van der Waals surface area contributed by atoms with Gasteiger partial charge < -0.3 is 10.1 Å². The highest BCUT2D eigenvalue weighted by molar-refractivity contribution is 7.16. The van der Waals surface area contributed by atoms with Gasteiger partial charge in [-0.1, -0.05) is 32.0 Å². The van der Waals surface area contributed by atoms with Gasteiger partial charge in [0.05, 0.1) is 17.7 Å². The molecule has 29 heavy (non-hydrogen) atoms. The summed E-state index contributed by atoms with van der Waals surface area (Å²) < 4.78 is 6.31. The van der Waals surface area contributed by atoms with E-state index in [9.17, 15) is 14.4 Å². The van der Waals surface area contributed by atoms with E-state index in [0.29, 0.717) is 28.9 Å². The number of para-hydroxylation sites is 1. The molecule has 3 aromatic rings. The van der Waals surface area contributed by atoms with Crippen LogP contribution in [-0.4, -0.2) is 28.3 Å². The van der Waals surface area contributed by atoms with E-state index in [2.05, 4.69) is 10.4 Å². The predicted molar refractivity (Wildman–Crippen MR) is 114 cm³/mol.